The first kappa shape index (κ1) is 39.7. The third-order valence-corrected chi connectivity index (χ3v) is 12.2. The van der Waals surface area contributed by atoms with E-state index in [2.05, 4.69) is 20.1 Å². The van der Waals surface area contributed by atoms with E-state index in [0.29, 0.717) is 100 Å². The lowest BCUT2D eigenvalue weighted by molar-refractivity contribution is -0.205. The van der Waals surface area contributed by atoms with E-state index >= 15 is 0 Å². The van der Waals surface area contributed by atoms with E-state index in [9.17, 15) is 39.9 Å². The van der Waals surface area contributed by atoms with E-state index in [1.54, 1.807) is 29.1 Å². The normalized spacial score (nSPS) is 24.4. The minimum absolute atomic E-state index is 0.0164. The number of aromatic hydroxyl groups is 1. The number of hydrogen-bond donors (Lipinski definition) is 5. The van der Waals surface area contributed by atoms with Gasteiger partial charge in [-0.05, 0) is 18.2 Å². The predicted molar refractivity (Wildman–Crippen MR) is 207 cm³/mol. The van der Waals surface area contributed by atoms with Gasteiger partial charge in [0, 0.05) is 79.8 Å². The summed E-state index contributed by atoms with van der Waals surface area (Å²) in [6.45, 7) is 6.22. The van der Waals surface area contributed by atoms with Crippen molar-refractivity contribution in [2.24, 2.45) is 4.99 Å². The topological polar surface area (TPSA) is 239 Å². The van der Waals surface area contributed by atoms with Gasteiger partial charge in [-0.3, -0.25) is 43.0 Å². The quantitative estimate of drug-likeness (QED) is 0.0758. The molecule has 0 amide bonds. The van der Waals surface area contributed by atoms with Crippen LogP contribution in [-0.2, 0) is 40.4 Å². The fourth-order valence-electron chi connectivity index (χ4n) is 7.88. The van der Waals surface area contributed by atoms with Crippen molar-refractivity contribution in [2.75, 3.05) is 78.1 Å². The van der Waals surface area contributed by atoms with E-state index in [1.165, 1.54) is 20.9 Å². The summed E-state index contributed by atoms with van der Waals surface area (Å²) in [5.74, 6) is 0.124. The van der Waals surface area contributed by atoms with Crippen molar-refractivity contribution < 1.29 is 39.7 Å². The Hall–Kier alpha value is -4.09. The lowest BCUT2D eigenvalue weighted by atomic mass is 9.90. The summed E-state index contributed by atoms with van der Waals surface area (Å²) >= 11 is 1.19. The number of rotatable bonds is 13. The fraction of sp³-hybridized carbons (Fsp3) is 0.568. The largest absolute Gasteiger partial charge is 0.494 e. The highest BCUT2D eigenvalue weighted by Gasteiger charge is 2.43. The van der Waals surface area contributed by atoms with E-state index in [1.807, 2.05) is 0 Å². The third-order valence-electron chi connectivity index (χ3n) is 11.1. The molecule has 3 fully saturated rings. The molecule has 0 bridgehead atoms. The van der Waals surface area contributed by atoms with Gasteiger partial charge in [0.05, 0.1) is 68.6 Å². The molecule has 6 heterocycles. The molecule has 8 rings (SSSR count). The van der Waals surface area contributed by atoms with Crippen molar-refractivity contribution in [1.82, 2.24) is 33.9 Å². The van der Waals surface area contributed by atoms with Gasteiger partial charge < -0.3 is 39.7 Å². The number of thioether (sulfide) groups is 1. The molecule has 2 aromatic heterocycles. The maximum Gasteiger partial charge on any atom is 0.263 e. The number of aliphatic hydroxyl groups excluding tert-OH is 4. The zero-order chi connectivity index (χ0) is 39.8. The molecule has 20 heteroatoms. The van der Waals surface area contributed by atoms with Crippen LogP contribution in [0.3, 0.4) is 0 Å². The predicted octanol–water partition coefficient (Wildman–Crippen LogP) is -2.75. The van der Waals surface area contributed by atoms with Crippen molar-refractivity contribution >= 4 is 33.3 Å². The smallest absolute Gasteiger partial charge is 0.263 e. The molecule has 5 atom stereocenters. The Labute approximate surface area is 329 Å². The SMILES string of the molecule is O=c1c2c(=NCc3cn(CCS[C@@H]4O[C@H](CO)[C@@H](O)[C@H](O)[C@H]4O)nn3)cc3c(=O)n(CCN4CCOCC4)c(=O)c4ccc(c(O)n1CCN1CCOCC1)c2c4-3. The average Bonchev–Trinajstić information content (AvgIpc) is 3.69. The molecule has 19 nitrogen and oxygen atoms in total. The highest BCUT2D eigenvalue weighted by molar-refractivity contribution is 7.99. The third kappa shape index (κ3) is 7.78. The first-order valence-corrected chi connectivity index (χ1v) is 20.2. The first-order chi connectivity index (χ1) is 27.6. The summed E-state index contributed by atoms with van der Waals surface area (Å²) in [6, 6.07) is 4.79. The van der Waals surface area contributed by atoms with Crippen molar-refractivity contribution in [3.8, 4) is 17.0 Å². The van der Waals surface area contributed by atoms with E-state index in [4.69, 9.17) is 19.2 Å². The van der Waals surface area contributed by atoms with Crippen LogP contribution < -0.4 is 22.0 Å². The van der Waals surface area contributed by atoms with Gasteiger partial charge in [0.25, 0.3) is 16.7 Å². The van der Waals surface area contributed by atoms with Gasteiger partial charge in [0.1, 0.15) is 35.5 Å². The Bertz CT molecular complexity index is 2390. The van der Waals surface area contributed by atoms with Crippen LogP contribution in [0, 0.1) is 0 Å². The molecule has 5 aliphatic rings. The van der Waals surface area contributed by atoms with Crippen LogP contribution in [0.2, 0.25) is 0 Å². The molecule has 0 radical (unpaired) electrons. The molecule has 3 aromatic rings. The number of aliphatic hydroxyl groups is 4. The van der Waals surface area contributed by atoms with Crippen LogP contribution >= 0.6 is 11.8 Å². The number of benzene rings is 2. The Balaban J connectivity index is 1.13. The Morgan fingerprint density at radius 2 is 1.46 bits per heavy atom. The van der Waals surface area contributed by atoms with E-state index in [-0.39, 0.29) is 47.2 Å². The summed E-state index contributed by atoms with van der Waals surface area (Å²) in [5.41, 5.74) is -1.38. The fourth-order valence-corrected chi connectivity index (χ4v) is 8.99. The number of pyridine rings is 2. The van der Waals surface area contributed by atoms with Crippen molar-refractivity contribution in [1.29, 1.82) is 0 Å². The number of morpholine rings is 2. The molecule has 3 saturated heterocycles. The number of nitrogens with zero attached hydrogens (tertiary/aromatic N) is 8. The van der Waals surface area contributed by atoms with Gasteiger partial charge >= 0.3 is 0 Å². The molecule has 1 aromatic carbocycles. The van der Waals surface area contributed by atoms with Gasteiger partial charge in [-0.2, -0.15) is 0 Å². The van der Waals surface area contributed by atoms with Gasteiger partial charge in [0.15, 0.2) is 0 Å². The van der Waals surface area contributed by atoms with Crippen LogP contribution in [-0.4, -0.2) is 167 Å². The van der Waals surface area contributed by atoms with E-state index in [0.717, 1.165) is 0 Å². The van der Waals surface area contributed by atoms with Crippen LogP contribution in [0.4, 0.5) is 0 Å². The van der Waals surface area contributed by atoms with Gasteiger partial charge in [-0.25, -0.2) is 0 Å². The van der Waals surface area contributed by atoms with Crippen molar-refractivity contribution in [3.63, 3.8) is 0 Å². The Kier molecular flexibility index (Phi) is 11.9. The molecular formula is C37H46N8O11S. The summed E-state index contributed by atoms with van der Waals surface area (Å²) in [6.07, 6.45) is -3.60. The highest BCUT2D eigenvalue weighted by atomic mass is 32.2. The summed E-state index contributed by atoms with van der Waals surface area (Å²) in [5, 5.41) is 61.4. The van der Waals surface area contributed by atoms with Crippen molar-refractivity contribution in [3.05, 3.63) is 66.5 Å². The average molecular weight is 811 g/mol. The number of aromatic nitrogens is 5. The summed E-state index contributed by atoms with van der Waals surface area (Å²) in [7, 11) is 0. The highest BCUT2D eigenvalue weighted by Crippen LogP contribution is 2.37. The van der Waals surface area contributed by atoms with E-state index < -0.39 is 53.1 Å². The molecule has 0 unspecified atom stereocenters. The van der Waals surface area contributed by atoms with Crippen molar-refractivity contribution in [2.45, 2.75) is 56.0 Å². The monoisotopic (exact) mass is 810 g/mol. The molecule has 5 N–H and O–H groups in total. The van der Waals surface area contributed by atoms with Crippen LogP contribution in [0.25, 0.3) is 32.7 Å². The van der Waals surface area contributed by atoms with Crippen LogP contribution in [0.1, 0.15) is 5.69 Å². The molecule has 1 aliphatic carbocycles. The van der Waals surface area contributed by atoms with Crippen LogP contribution in [0.5, 0.6) is 5.88 Å². The first-order valence-electron chi connectivity index (χ1n) is 19.1. The molecular weight excluding hydrogens is 765 g/mol. The standard InChI is InChI=1S/C37H46N8O11S/c46-20-26-30(47)31(48)32(49)37(56-26)57-16-11-43-19-21(39-40-43)18-38-25-17-24-27-22(33(50)44(35(24)52)5-3-41-7-12-54-13-8-41)1-2-23-28(27)29(25)36(53)45(34(23)51)6-4-42-9-14-55-15-10-42/h1-2,17,19,26,30-32,37,46-49,51H,3-16,18,20H2/t26-,30-,31+,32-,37+/m1/s1. The number of hydrogen-bond acceptors (Lipinski definition) is 17. The Morgan fingerprint density at radius 3 is 2.14 bits per heavy atom. The summed E-state index contributed by atoms with van der Waals surface area (Å²) < 4.78 is 20.6. The molecule has 4 aliphatic heterocycles. The van der Waals surface area contributed by atoms with Gasteiger partial charge in [0.2, 0.25) is 5.88 Å². The molecule has 57 heavy (non-hydrogen) atoms. The Morgan fingerprint density at radius 1 is 0.789 bits per heavy atom. The number of aryl methyl sites for hydroxylation is 1. The second kappa shape index (κ2) is 17.0. The lowest BCUT2D eigenvalue weighted by Gasteiger charge is -2.39. The maximum absolute atomic E-state index is 14.4. The van der Waals surface area contributed by atoms with Gasteiger partial charge in [-0.1, -0.05) is 5.21 Å². The second-order valence-corrected chi connectivity index (χ2v) is 15.7. The number of ether oxygens (including phenoxy) is 3. The zero-order valence-corrected chi connectivity index (χ0v) is 32.0. The molecule has 0 saturated carbocycles. The van der Waals surface area contributed by atoms with Crippen LogP contribution in [0.15, 0.2) is 43.8 Å². The zero-order valence-electron chi connectivity index (χ0n) is 31.2. The maximum atomic E-state index is 14.4. The van der Waals surface area contributed by atoms with Gasteiger partial charge in [-0.15, -0.1) is 16.9 Å². The minimum Gasteiger partial charge on any atom is -0.494 e. The lowest BCUT2D eigenvalue weighted by Crippen LogP contribution is -2.57. The molecule has 306 valence electrons. The second-order valence-electron chi connectivity index (χ2n) is 14.5. The summed E-state index contributed by atoms with van der Waals surface area (Å²) in [4.78, 5) is 51.7. The molecule has 0 spiro atoms. The minimum atomic E-state index is -1.47.